The predicted molar refractivity (Wildman–Crippen MR) is 54.1 cm³/mol. The van der Waals surface area contributed by atoms with Gasteiger partial charge < -0.3 is 5.73 Å². The second kappa shape index (κ2) is 5.46. The monoisotopic (exact) mass is 271 g/mol. The van der Waals surface area contributed by atoms with Crippen molar-refractivity contribution in [3.8, 4) is 0 Å². The van der Waals surface area contributed by atoms with Gasteiger partial charge in [-0.25, -0.2) is 4.39 Å². The molecule has 0 amide bonds. The summed E-state index contributed by atoms with van der Waals surface area (Å²) in [5.41, 5.74) is 5.37. The van der Waals surface area contributed by atoms with Crippen LogP contribution in [-0.2, 0) is 15.5 Å². The fraction of sp³-hybridized carbons (Fsp3) is 0.333. The molecule has 0 aromatic heterocycles. The van der Waals surface area contributed by atoms with Crippen molar-refractivity contribution in [3.05, 3.63) is 24.0 Å². The molecule has 1 unspecified atom stereocenters. The van der Waals surface area contributed by atoms with Gasteiger partial charge >= 0.3 is 6.36 Å². The van der Waals surface area contributed by atoms with Crippen molar-refractivity contribution >= 4 is 16.5 Å². The quantitative estimate of drug-likeness (QED) is 0.673. The van der Waals surface area contributed by atoms with Crippen LogP contribution >= 0.6 is 0 Å². The Balaban J connectivity index is 2.58. The van der Waals surface area contributed by atoms with Crippen molar-refractivity contribution in [2.75, 3.05) is 18.1 Å². The third-order valence-corrected chi connectivity index (χ3v) is 2.99. The van der Waals surface area contributed by atoms with Gasteiger partial charge in [0, 0.05) is 10.6 Å². The number of ether oxygens (including phenoxy) is 1. The first-order chi connectivity index (χ1) is 7.78. The molecule has 3 nitrogen and oxygen atoms in total. The highest BCUT2D eigenvalue weighted by Gasteiger charge is 2.28. The largest absolute Gasteiger partial charge is 0.522 e. The maximum atomic E-state index is 12.9. The maximum absolute atomic E-state index is 12.9. The molecule has 17 heavy (non-hydrogen) atoms. The first-order valence-electron chi connectivity index (χ1n) is 4.43. The molecule has 1 atom stereocenters. The Morgan fingerprint density at radius 1 is 1.29 bits per heavy atom. The van der Waals surface area contributed by atoms with Gasteiger partial charge in [-0.2, -0.15) is 0 Å². The summed E-state index contributed by atoms with van der Waals surface area (Å²) in [5.74, 6) is -1.08. The number of hydrogen-bond acceptors (Lipinski definition) is 3. The van der Waals surface area contributed by atoms with E-state index in [9.17, 15) is 21.8 Å². The van der Waals surface area contributed by atoms with Crippen molar-refractivity contribution in [1.29, 1.82) is 0 Å². The smallest absolute Gasteiger partial charge is 0.399 e. The molecule has 2 N–H and O–H groups in total. The zero-order valence-corrected chi connectivity index (χ0v) is 9.28. The van der Waals surface area contributed by atoms with Crippen molar-refractivity contribution in [3.63, 3.8) is 0 Å². The second-order valence-electron chi connectivity index (χ2n) is 3.06. The van der Waals surface area contributed by atoms with Crippen LogP contribution in [0.25, 0.3) is 0 Å². The van der Waals surface area contributed by atoms with E-state index >= 15 is 0 Å². The van der Waals surface area contributed by atoms with Gasteiger partial charge in [0.25, 0.3) is 0 Å². The van der Waals surface area contributed by atoms with Crippen molar-refractivity contribution in [2.24, 2.45) is 0 Å². The topological polar surface area (TPSA) is 52.3 Å². The van der Waals surface area contributed by atoms with E-state index in [4.69, 9.17) is 5.73 Å². The minimum atomic E-state index is -4.76. The Morgan fingerprint density at radius 3 is 2.47 bits per heavy atom. The van der Waals surface area contributed by atoms with Crippen LogP contribution in [0, 0.1) is 5.82 Å². The SMILES string of the molecule is Nc1cc(F)cc(S(=O)CCOC(F)(F)F)c1. The average Bonchev–Trinajstić information content (AvgIpc) is 2.13. The Morgan fingerprint density at radius 2 is 1.94 bits per heavy atom. The van der Waals surface area contributed by atoms with E-state index in [0.29, 0.717) is 0 Å². The molecule has 0 aliphatic rings. The van der Waals surface area contributed by atoms with Gasteiger partial charge in [0.2, 0.25) is 0 Å². The van der Waals surface area contributed by atoms with Crippen molar-refractivity contribution < 1.29 is 26.5 Å². The number of nitrogen functional groups attached to an aromatic ring is 1. The summed E-state index contributed by atoms with van der Waals surface area (Å²) in [4.78, 5) is 0.0354. The first kappa shape index (κ1) is 13.9. The molecule has 0 saturated heterocycles. The number of benzene rings is 1. The molecule has 0 heterocycles. The summed E-state index contributed by atoms with van der Waals surface area (Å²) >= 11 is 0. The van der Waals surface area contributed by atoms with Crippen molar-refractivity contribution in [2.45, 2.75) is 11.3 Å². The summed E-state index contributed by atoms with van der Waals surface area (Å²) in [5, 5.41) is 0. The zero-order chi connectivity index (χ0) is 13.1. The summed E-state index contributed by atoms with van der Waals surface area (Å²) in [7, 11) is -1.78. The molecule has 0 saturated carbocycles. The van der Waals surface area contributed by atoms with Crippen LogP contribution in [-0.4, -0.2) is 22.9 Å². The van der Waals surface area contributed by atoms with Gasteiger partial charge in [-0.15, -0.1) is 13.2 Å². The highest BCUT2D eigenvalue weighted by molar-refractivity contribution is 7.85. The van der Waals surface area contributed by atoms with E-state index in [1.807, 2.05) is 0 Å². The molecule has 1 aromatic rings. The van der Waals surface area contributed by atoms with E-state index in [2.05, 4.69) is 4.74 Å². The van der Waals surface area contributed by atoms with Gasteiger partial charge in [-0.1, -0.05) is 0 Å². The fourth-order valence-corrected chi connectivity index (χ4v) is 2.05. The minimum absolute atomic E-state index is 0.0354. The molecular formula is C9H9F4NO2S. The Hall–Kier alpha value is -1.15. The second-order valence-corrected chi connectivity index (χ2v) is 4.63. The summed E-state index contributed by atoms with van der Waals surface area (Å²) in [6, 6.07) is 3.22. The highest BCUT2D eigenvalue weighted by atomic mass is 32.2. The summed E-state index contributed by atoms with van der Waals surface area (Å²) < 4.78 is 62.7. The molecule has 0 bridgehead atoms. The lowest BCUT2D eigenvalue weighted by atomic mass is 10.3. The van der Waals surface area contributed by atoms with E-state index in [-0.39, 0.29) is 16.3 Å². The van der Waals surface area contributed by atoms with Crippen LogP contribution in [0.3, 0.4) is 0 Å². The molecule has 0 spiro atoms. The van der Waals surface area contributed by atoms with Gasteiger partial charge in [0.05, 0.1) is 23.2 Å². The number of hydrogen-bond donors (Lipinski definition) is 1. The van der Waals surface area contributed by atoms with Crippen LogP contribution in [0.15, 0.2) is 23.1 Å². The summed E-state index contributed by atoms with van der Waals surface area (Å²) in [6.45, 7) is -0.757. The molecule has 1 rings (SSSR count). The van der Waals surface area contributed by atoms with Crippen LogP contribution in [0.4, 0.5) is 23.2 Å². The number of rotatable bonds is 4. The van der Waals surface area contributed by atoms with Crippen molar-refractivity contribution in [1.82, 2.24) is 0 Å². The Bertz CT molecular complexity index is 402. The van der Waals surface area contributed by atoms with Crippen LogP contribution in [0.1, 0.15) is 0 Å². The van der Waals surface area contributed by atoms with Gasteiger partial charge in [-0.3, -0.25) is 8.95 Å². The van der Waals surface area contributed by atoms with Gasteiger partial charge in [-0.05, 0) is 18.2 Å². The van der Waals surface area contributed by atoms with E-state index in [0.717, 1.165) is 12.1 Å². The minimum Gasteiger partial charge on any atom is -0.399 e. The molecular weight excluding hydrogens is 262 g/mol. The fourth-order valence-electron chi connectivity index (χ4n) is 1.07. The third kappa shape index (κ3) is 5.14. The molecule has 0 aliphatic carbocycles. The average molecular weight is 271 g/mol. The standard InChI is InChI=1S/C9H9F4NO2S/c10-6-3-7(14)5-8(4-6)17(15)2-1-16-9(11,12)13/h3-5H,1-2,14H2. The summed E-state index contributed by atoms with van der Waals surface area (Å²) in [6.07, 6.45) is -4.76. The predicted octanol–water partition coefficient (Wildman–Crippen LogP) is 2.05. The number of anilines is 1. The molecule has 1 aromatic carbocycles. The number of halogens is 4. The van der Waals surface area contributed by atoms with Gasteiger partial charge in [0.1, 0.15) is 5.82 Å². The van der Waals surface area contributed by atoms with Crippen LogP contribution in [0.2, 0.25) is 0 Å². The van der Waals surface area contributed by atoms with Crippen LogP contribution < -0.4 is 5.73 Å². The van der Waals surface area contributed by atoms with E-state index in [1.165, 1.54) is 6.07 Å². The Labute approximate surface area is 97.0 Å². The van der Waals surface area contributed by atoms with Crippen LogP contribution in [0.5, 0.6) is 0 Å². The lowest BCUT2D eigenvalue weighted by Crippen LogP contribution is -2.17. The molecule has 0 radical (unpaired) electrons. The zero-order valence-electron chi connectivity index (χ0n) is 8.46. The van der Waals surface area contributed by atoms with Gasteiger partial charge in [0.15, 0.2) is 0 Å². The van der Waals surface area contributed by atoms with E-state index < -0.39 is 29.6 Å². The molecule has 96 valence electrons. The maximum Gasteiger partial charge on any atom is 0.522 e. The lowest BCUT2D eigenvalue weighted by Gasteiger charge is -2.07. The lowest BCUT2D eigenvalue weighted by molar-refractivity contribution is -0.322. The third-order valence-electron chi connectivity index (χ3n) is 1.69. The number of alkyl halides is 3. The highest BCUT2D eigenvalue weighted by Crippen LogP contribution is 2.17. The first-order valence-corrected chi connectivity index (χ1v) is 5.75. The van der Waals surface area contributed by atoms with E-state index in [1.54, 1.807) is 0 Å². The Kier molecular flexibility index (Phi) is 4.47. The molecule has 8 heteroatoms. The molecule has 0 fully saturated rings. The normalized spacial score (nSPS) is 13.6. The number of nitrogens with two attached hydrogens (primary N) is 1. The molecule has 0 aliphatic heterocycles.